The van der Waals surface area contributed by atoms with Crippen LogP contribution in [0.1, 0.15) is 5.56 Å². The summed E-state index contributed by atoms with van der Waals surface area (Å²) in [6.07, 6.45) is 0. The lowest BCUT2D eigenvalue weighted by molar-refractivity contribution is 0.408. The van der Waals surface area contributed by atoms with Crippen LogP contribution in [0, 0.1) is 6.92 Å². The van der Waals surface area contributed by atoms with Crippen molar-refractivity contribution in [3.05, 3.63) is 33.1 Å². The Hall–Kier alpha value is -1.68. The third kappa shape index (κ3) is 1.43. The fourth-order valence-electron chi connectivity index (χ4n) is 1.56. The van der Waals surface area contributed by atoms with E-state index in [0.29, 0.717) is 16.5 Å². The van der Waals surface area contributed by atoms with Crippen LogP contribution in [0.5, 0.6) is 11.5 Å². The third-order valence-corrected chi connectivity index (χ3v) is 2.52. The second-order valence-electron chi connectivity index (χ2n) is 3.29. The van der Waals surface area contributed by atoms with Gasteiger partial charge < -0.3 is 15.2 Å². The molecular weight excluding hydrogens is 218 g/mol. The van der Waals surface area contributed by atoms with Crippen LogP contribution in [0.3, 0.4) is 0 Å². The van der Waals surface area contributed by atoms with Crippen LogP contribution in [0.2, 0.25) is 5.02 Å². The maximum absolute atomic E-state index is 11.2. The average Bonchev–Trinajstić information content (AvgIpc) is 2.13. The maximum atomic E-state index is 11.2. The maximum Gasteiger partial charge on any atom is 0.248 e. The van der Waals surface area contributed by atoms with E-state index in [1.165, 1.54) is 12.1 Å². The van der Waals surface area contributed by atoms with Crippen LogP contribution < -0.4 is 5.56 Å². The van der Waals surface area contributed by atoms with Crippen LogP contribution in [0.4, 0.5) is 0 Å². The summed E-state index contributed by atoms with van der Waals surface area (Å²) in [5, 5.41) is 19.5. The highest BCUT2D eigenvalue weighted by atomic mass is 35.5. The van der Waals surface area contributed by atoms with Crippen LogP contribution in [0.25, 0.3) is 10.9 Å². The first kappa shape index (κ1) is 9.86. The van der Waals surface area contributed by atoms with Crippen molar-refractivity contribution < 1.29 is 10.2 Å². The molecule has 0 radical (unpaired) electrons. The molecule has 0 fully saturated rings. The first-order valence-corrected chi connectivity index (χ1v) is 4.62. The number of hydrogen-bond donors (Lipinski definition) is 3. The zero-order valence-electron chi connectivity index (χ0n) is 7.84. The molecule has 0 unspecified atom stereocenters. The number of benzene rings is 1. The molecule has 15 heavy (non-hydrogen) atoms. The molecule has 0 aliphatic rings. The first-order valence-electron chi connectivity index (χ1n) is 4.25. The monoisotopic (exact) mass is 225 g/mol. The lowest BCUT2D eigenvalue weighted by Gasteiger charge is -2.07. The van der Waals surface area contributed by atoms with Gasteiger partial charge in [-0.1, -0.05) is 11.6 Å². The predicted octanol–water partition coefficient (Wildman–Crippen LogP) is 1.90. The van der Waals surface area contributed by atoms with Gasteiger partial charge in [0.15, 0.2) is 11.5 Å². The molecule has 1 aromatic heterocycles. The molecule has 0 aliphatic heterocycles. The van der Waals surface area contributed by atoms with Crippen molar-refractivity contribution >= 4 is 22.5 Å². The number of aromatic hydroxyl groups is 2. The van der Waals surface area contributed by atoms with E-state index in [0.717, 1.165) is 0 Å². The molecule has 4 nitrogen and oxygen atoms in total. The van der Waals surface area contributed by atoms with Crippen molar-refractivity contribution in [1.82, 2.24) is 4.98 Å². The fourth-order valence-corrected chi connectivity index (χ4v) is 1.81. The summed E-state index contributed by atoms with van der Waals surface area (Å²) in [6.45, 7) is 1.66. The highest BCUT2D eigenvalue weighted by Crippen LogP contribution is 2.38. The van der Waals surface area contributed by atoms with Gasteiger partial charge in [0.2, 0.25) is 5.56 Å². The normalized spacial score (nSPS) is 10.8. The van der Waals surface area contributed by atoms with Crippen molar-refractivity contribution in [2.24, 2.45) is 0 Å². The molecule has 0 saturated heterocycles. The molecule has 0 atom stereocenters. The predicted molar refractivity (Wildman–Crippen MR) is 57.6 cm³/mol. The number of rotatable bonds is 0. The summed E-state index contributed by atoms with van der Waals surface area (Å²) in [5.74, 6) is -0.578. The SMILES string of the molecule is Cc1cc(=O)[nH]c2c(Cl)cc(O)c(O)c12. The second-order valence-corrected chi connectivity index (χ2v) is 3.70. The van der Waals surface area contributed by atoms with Crippen molar-refractivity contribution in [3.8, 4) is 11.5 Å². The van der Waals surface area contributed by atoms with Crippen molar-refractivity contribution in [2.75, 3.05) is 0 Å². The van der Waals surface area contributed by atoms with Crippen molar-refractivity contribution in [3.63, 3.8) is 0 Å². The van der Waals surface area contributed by atoms with E-state index in [-0.39, 0.29) is 22.1 Å². The Labute approximate surface area is 89.8 Å². The number of aromatic amines is 1. The summed E-state index contributed by atoms with van der Waals surface area (Å²) in [7, 11) is 0. The van der Waals surface area contributed by atoms with E-state index in [2.05, 4.69) is 4.98 Å². The van der Waals surface area contributed by atoms with Crippen LogP contribution >= 0.6 is 11.6 Å². The second kappa shape index (κ2) is 3.17. The number of aromatic nitrogens is 1. The quantitative estimate of drug-likeness (QED) is 0.600. The molecule has 0 spiro atoms. The number of halogens is 1. The summed E-state index contributed by atoms with van der Waals surface area (Å²) >= 11 is 5.84. The smallest absolute Gasteiger partial charge is 0.248 e. The zero-order chi connectivity index (χ0) is 11.2. The largest absolute Gasteiger partial charge is 0.504 e. The molecule has 1 heterocycles. The van der Waals surface area contributed by atoms with Gasteiger partial charge in [0.25, 0.3) is 0 Å². The molecular formula is C10H8ClNO3. The van der Waals surface area contributed by atoms with E-state index in [9.17, 15) is 15.0 Å². The number of aryl methyl sites for hydroxylation is 1. The number of phenols is 2. The summed E-state index contributed by atoms with van der Waals surface area (Å²) in [6, 6.07) is 2.52. The Balaban J connectivity index is 3.09. The van der Waals surface area contributed by atoms with Gasteiger partial charge in [-0.15, -0.1) is 0 Å². The Morgan fingerprint density at radius 2 is 2.00 bits per heavy atom. The number of fused-ring (bicyclic) bond motifs is 1. The van der Waals surface area contributed by atoms with Crippen molar-refractivity contribution in [2.45, 2.75) is 6.92 Å². The van der Waals surface area contributed by atoms with Gasteiger partial charge in [0.05, 0.1) is 10.5 Å². The third-order valence-electron chi connectivity index (χ3n) is 2.22. The molecule has 0 aliphatic carbocycles. The minimum Gasteiger partial charge on any atom is -0.504 e. The summed E-state index contributed by atoms with van der Waals surface area (Å²) in [5.41, 5.74) is 0.591. The lowest BCUT2D eigenvalue weighted by Crippen LogP contribution is -2.05. The summed E-state index contributed by atoms with van der Waals surface area (Å²) < 4.78 is 0. The van der Waals surface area contributed by atoms with Gasteiger partial charge in [-0.25, -0.2) is 0 Å². The van der Waals surface area contributed by atoms with E-state index < -0.39 is 0 Å². The zero-order valence-corrected chi connectivity index (χ0v) is 8.59. The molecule has 78 valence electrons. The molecule has 1 aromatic carbocycles. The van der Waals surface area contributed by atoms with Gasteiger partial charge in [-0.3, -0.25) is 4.79 Å². The minimum atomic E-state index is -0.303. The average molecular weight is 226 g/mol. The van der Waals surface area contributed by atoms with Crippen LogP contribution in [-0.4, -0.2) is 15.2 Å². The number of nitrogens with one attached hydrogen (secondary N) is 1. The Morgan fingerprint density at radius 3 is 2.67 bits per heavy atom. The van der Waals surface area contributed by atoms with E-state index in [1.807, 2.05) is 0 Å². The Morgan fingerprint density at radius 1 is 1.33 bits per heavy atom. The van der Waals surface area contributed by atoms with Crippen molar-refractivity contribution in [1.29, 1.82) is 0 Å². The van der Waals surface area contributed by atoms with Gasteiger partial charge in [-0.2, -0.15) is 0 Å². The van der Waals surface area contributed by atoms with E-state index >= 15 is 0 Å². The molecule has 0 bridgehead atoms. The molecule has 0 amide bonds. The van der Waals surface area contributed by atoms with Gasteiger partial charge in [0.1, 0.15) is 0 Å². The Bertz CT molecular complexity index is 604. The lowest BCUT2D eigenvalue weighted by atomic mass is 10.1. The van der Waals surface area contributed by atoms with Gasteiger partial charge in [-0.05, 0) is 12.5 Å². The first-order chi connectivity index (χ1) is 7.00. The highest BCUT2D eigenvalue weighted by molar-refractivity contribution is 6.35. The molecule has 5 heteroatoms. The van der Waals surface area contributed by atoms with E-state index in [4.69, 9.17) is 11.6 Å². The topological polar surface area (TPSA) is 73.3 Å². The van der Waals surface area contributed by atoms with E-state index in [1.54, 1.807) is 6.92 Å². The van der Waals surface area contributed by atoms with Crippen LogP contribution in [-0.2, 0) is 0 Å². The molecule has 0 saturated carbocycles. The summed E-state index contributed by atoms with van der Waals surface area (Å²) in [4.78, 5) is 13.7. The van der Waals surface area contributed by atoms with Crippen LogP contribution in [0.15, 0.2) is 16.9 Å². The fraction of sp³-hybridized carbons (Fsp3) is 0.100. The van der Waals surface area contributed by atoms with Gasteiger partial charge >= 0.3 is 0 Å². The molecule has 2 aromatic rings. The minimum absolute atomic E-state index is 0.195. The number of H-pyrrole nitrogens is 1. The standard InChI is InChI=1S/C10H8ClNO3/c1-4-2-7(14)12-9-5(11)3-6(13)10(15)8(4)9/h2-3,13,15H,1H3,(H,12,14). The van der Waals surface area contributed by atoms with Gasteiger partial charge in [0, 0.05) is 17.5 Å². The number of hydrogen-bond acceptors (Lipinski definition) is 3. The number of phenolic OH excluding ortho intramolecular Hbond substituents is 2. The Kier molecular flexibility index (Phi) is 2.08. The molecule has 2 rings (SSSR count). The molecule has 3 N–H and O–H groups in total. The number of pyridine rings is 1. The highest BCUT2D eigenvalue weighted by Gasteiger charge is 2.12.